The molecule has 6 rings (SSSR count). The van der Waals surface area contributed by atoms with E-state index in [1.807, 2.05) is 59.0 Å². The Morgan fingerprint density at radius 3 is 2.51 bits per heavy atom. The van der Waals surface area contributed by atoms with Gasteiger partial charge in [-0.15, -0.1) is 10.2 Å². The number of rotatable bonds is 6. The molecule has 0 unspecified atom stereocenters. The lowest BCUT2D eigenvalue weighted by Crippen LogP contribution is -2.24. The summed E-state index contributed by atoms with van der Waals surface area (Å²) in [5.41, 5.74) is 3.05. The van der Waals surface area contributed by atoms with Gasteiger partial charge in [0.2, 0.25) is 11.7 Å². The van der Waals surface area contributed by atoms with Gasteiger partial charge in [-0.1, -0.05) is 54.2 Å². The topological polar surface area (TPSA) is 78.2 Å². The van der Waals surface area contributed by atoms with E-state index in [2.05, 4.69) is 15.2 Å². The zero-order valence-corrected chi connectivity index (χ0v) is 19.2. The molecule has 35 heavy (non-hydrogen) atoms. The Balaban J connectivity index is 1.36. The number of thioether (sulfide) groups is 1. The minimum absolute atomic E-state index is 0.110. The van der Waals surface area contributed by atoms with Crippen LogP contribution in [-0.2, 0) is 12.3 Å². The van der Waals surface area contributed by atoms with E-state index in [0.717, 1.165) is 11.1 Å². The molecule has 3 heterocycles. The third kappa shape index (κ3) is 4.00. The number of hydrogen-bond acceptors (Lipinski definition) is 6. The Labute approximate surface area is 202 Å². The van der Waals surface area contributed by atoms with Gasteiger partial charge in [-0.3, -0.25) is 13.8 Å². The smallest absolute Gasteiger partial charge is 0.263 e. The molecule has 0 aliphatic rings. The van der Waals surface area contributed by atoms with Crippen molar-refractivity contribution in [2.45, 2.75) is 17.5 Å². The number of fused-ring (bicyclic) bond motifs is 3. The van der Waals surface area contributed by atoms with Crippen LogP contribution in [0.4, 0.5) is 4.39 Å². The monoisotopic (exact) mass is 483 g/mol. The van der Waals surface area contributed by atoms with E-state index in [0.29, 0.717) is 45.8 Å². The van der Waals surface area contributed by atoms with Crippen LogP contribution in [0, 0.1) is 5.82 Å². The fourth-order valence-corrected chi connectivity index (χ4v) is 4.79. The highest BCUT2D eigenvalue weighted by Crippen LogP contribution is 2.26. The first-order chi connectivity index (χ1) is 17.2. The quantitative estimate of drug-likeness (QED) is 0.304. The molecule has 0 saturated heterocycles. The fourth-order valence-electron chi connectivity index (χ4n) is 3.97. The molecule has 0 N–H and O–H groups in total. The summed E-state index contributed by atoms with van der Waals surface area (Å²) in [7, 11) is 0. The minimum Gasteiger partial charge on any atom is -0.444 e. The van der Waals surface area contributed by atoms with Crippen LogP contribution in [0.2, 0.25) is 0 Å². The molecule has 3 aromatic carbocycles. The lowest BCUT2D eigenvalue weighted by atomic mass is 10.2. The van der Waals surface area contributed by atoms with Crippen LogP contribution >= 0.6 is 11.8 Å². The van der Waals surface area contributed by atoms with Crippen LogP contribution in [0.3, 0.4) is 0 Å². The number of aromatic nitrogens is 5. The highest BCUT2D eigenvalue weighted by atomic mass is 32.2. The van der Waals surface area contributed by atoms with Gasteiger partial charge in [0.05, 0.1) is 23.1 Å². The molecule has 0 atom stereocenters. The number of oxazole rings is 1. The second-order valence-corrected chi connectivity index (χ2v) is 8.89. The summed E-state index contributed by atoms with van der Waals surface area (Å²) in [6.07, 6.45) is 1.58. The Morgan fingerprint density at radius 2 is 1.69 bits per heavy atom. The Hall–Kier alpha value is -4.24. The van der Waals surface area contributed by atoms with Crippen molar-refractivity contribution in [3.63, 3.8) is 0 Å². The van der Waals surface area contributed by atoms with E-state index >= 15 is 0 Å². The zero-order valence-electron chi connectivity index (χ0n) is 18.3. The van der Waals surface area contributed by atoms with E-state index < -0.39 is 0 Å². The summed E-state index contributed by atoms with van der Waals surface area (Å²) < 4.78 is 22.4. The average molecular weight is 484 g/mol. The van der Waals surface area contributed by atoms with Gasteiger partial charge in [0.1, 0.15) is 12.1 Å². The van der Waals surface area contributed by atoms with Crippen LogP contribution in [0.15, 0.2) is 99.5 Å². The second-order valence-electron chi connectivity index (χ2n) is 7.95. The third-order valence-corrected chi connectivity index (χ3v) is 6.62. The standard InChI is InChI=1S/C26H18FN5O2S/c27-19-12-10-18(11-13-19)23-28-20(15-34-23)16-35-26-30-29-25-31(14-17-6-2-1-3-7-17)24(33)21-8-4-5-9-22(21)32(25)26/h1-13,15H,14,16H2. The van der Waals surface area contributed by atoms with Gasteiger partial charge in [-0.2, -0.15) is 0 Å². The van der Waals surface area contributed by atoms with E-state index in [4.69, 9.17) is 4.42 Å². The molecule has 0 radical (unpaired) electrons. The normalized spacial score (nSPS) is 11.5. The van der Waals surface area contributed by atoms with Crippen molar-refractivity contribution in [1.29, 1.82) is 0 Å². The first kappa shape index (κ1) is 21.3. The van der Waals surface area contributed by atoms with Crippen molar-refractivity contribution >= 4 is 28.4 Å². The van der Waals surface area contributed by atoms with Crippen LogP contribution in [0.5, 0.6) is 0 Å². The Kier molecular flexibility index (Phi) is 5.38. The molecule has 0 bridgehead atoms. The van der Waals surface area contributed by atoms with Crippen LogP contribution in [0.1, 0.15) is 11.3 Å². The molecule has 3 aromatic heterocycles. The van der Waals surface area contributed by atoms with Crippen molar-refractivity contribution in [1.82, 2.24) is 24.1 Å². The largest absolute Gasteiger partial charge is 0.444 e. The van der Waals surface area contributed by atoms with Gasteiger partial charge >= 0.3 is 0 Å². The molecular formula is C26H18FN5O2S. The van der Waals surface area contributed by atoms with Crippen molar-refractivity contribution < 1.29 is 8.81 Å². The maximum absolute atomic E-state index is 13.3. The van der Waals surface area contributed by atoms with Gasteiger partial charge in [-0.05, 0) is 42.0 Å². The molecule has 9 heteroatoms. The lowest BCUT2D eigenvalue weighted by molar-refractivity contribution is 0.573. The van der Waals surface area contributed by atoms with Crippen molar-refractivity contribution in [3.8, 4) is 11.5 Å². The van der Waals surface area contributed by atoms with E-state index in [1.165, 1.54) is 23.9 Å². The van der Waals surface area contributed by atoms with Gasteiger partial charge < -0.3 is 4.42 Å². The molecule has 0 amide bonds. The highest BCUT2D eigenvalue weighted by Gasteiger charge is 2.18. The Bertz CT molecular complexity index is 1710. The average Bonchev–Trinajstić information content (AvgIpc) is 3.54. The molecule has 7 nitrogen and oxygen atoms in total. The number of benzene rings is 3. The molecule has 0 saturated carbocycles. The molecule has 0 spiro atoms. The summed E-state index contributed by atoms with van der Waals surface area (Å²) in [6, 6.07) is 23.3. The van der Waals surface area contributed by atoms with Gasteiger partial charge in [0, 0.05) is 11.3 Å². The van der Waals surface area contributed by atoms with Gasteiger partial charge in [0.15, 0.2) is 5.16 Å². The summed E-state index contributed by atoms with van der Waals surface area (Å²) in [5, 5.41) is 10.0. The first-order valence-corrected chi connectivity index (χ1v) is 11.9. The molecule has 6 aromatic rings. The Morgan fingerprint density at radius 1 is 0.914 bits per heavy atom. The molecule has 172 valence electrons. The maximum Gasteiger partial charge on any atom is 0.263 e. The van der Waals surface area contributed by atoms with Crippen LogP contribution in [0.25, 0.3) is 28.1 Å². The number of halogens is 1. The number of para-hydroxylation sites is 1. The van der Waals surface area contributed by atoms with Crippen molar-refractivity contribution in [2.24, 2.45) is 0 Å². The SMILES string of the molecule is O=c1c2ccccc2n2c(SCc3coc(-c4ccc(F)cc4)n3)nnc2n1Cc1ccccc1. The van der Waals surface area contributed by atoms with E-state index in [9.17, 15) is 9.18 Å². The predicted octanol–water partition coefficient (Wildman–Crippen LogP) is 5.18. The third-order valence-electron chi connectivity index (χ3n) is 5.65. The van der Waals surface area contributed by atoms with Crippen molar-refractivity contribution in [3.05, 3.63) is 113 Å². The number of hydrogen-bond donors (Lipinski definition) is 0. The highest BCUT2D eigenvalue weighted by molar-refractivity contribution is 7.98. The van der Waals surface area contributed by atoms with Crippen molar-refractivity contribution in [2.75, 3.05) is 0 Å². The summed E-state index contributed by atoms with van der Waals surface area (Å²) in [6.45, 7) is 0.390. The summed E-state index contributed by atoms with van der Waals surface area (Å²) >= 11 is 1.45. The number of nitrogens with zero attached hydrogens (tertiary/aromatic N) is 5. The first-order valence-electron chi connectivity index (χ1n) is 10.9. The molecular weight excluding hydrogens is 465 g/mol. The maximum atomic E-state index is 13.3. The second kappa shape index (κ2) is 8.84. The summed E-state index contributed by atoms with van der Waals surface area (Å²) in [5.74, 6) is 1.08. The van der Waals surface area contributed by atoms with Gasteiger partial charge in [0.25, 0.3) is 5.56 Å². The lowest BCUT2D eigenvalue weighted by Gasteiger charge is -2.11. The molecule has 0 aliphatic carbocycles. The molecule has 0 fully saturated rings. The molecule has 0 aliphatic heterocycles. The van der Waals surface area contributed by atoms with Gasteiger partial charge in [-0.25, -0.2) is 9.37 Å². The summed E-state index contributed by atoms with van der Waals surface area (Å²) in [4.78, 5) is 17.8. The van der Waals surface area contributed by atoms with Crippen LogP contribution < -0.4 is 5.56 Å². The zero-order chi connectivity index (χ0) is 23.8. The fraction of sp³-hybridized carbons (Fsp3) is 0.0769. The predicted molar refractivity (Wildman–Crippen MR) is 132 cm³/mol. The van der Waals surface area contributed by atoms with E-state index in [1.54, 1.807) is 23.0 Å². The van der Waals surface area contributed by atoms with Crippen LogP contribution in [-0.4, -0.2) is 24.1 Å². The minimum atomic E-state index is -0.312. The van der Waals surface area contributed by atoms with E-state index in [-0.39, 0.29) is 11.4 Å².